The zero-order chi connectivity index (χ0) is 14.2. The number of nitrogens with zero attached hydrogens (tertiary/aromatic N) is 1. The van der Waals surface area contributed by atoms with Gasteiger partial charge >= 0.3 is 0 Å². The Labute approximate surface area is 111 Å². The van der Waals surface area contributed by atoms with Crippen LogP contribution in [-0.2, 0) is 0 Å². The number of nitro groups is 1. The van der Waals surface area contributed by atoms with Gasteiger partial charge in [0.25, 0.3) is 0 Å². The fourth-order valence-electron chi connectivity index (χ4n) is 2.13. The van der Waals surface area contributed by atoms with E-state index in [-0.39, 0.29) is 5.70 Å². The Morgan fingerprint density at radius 3 is 2.68 bits per heavy atom. The lowest BCUT2D eigenvalue weighted by Gasteiger charge is -2.06. The Morgan fingerprint density at radius 1 is 1.42 bits per heavy atom. The van der Waals surface area contributed by atoms with Crippen molar-refractivity contribution >= 4 is 17.0 Å². The van der Waals surface area contributed by atoms with E-state index in [1.165, 1.54) is 13.0 Å². The van der Waals surface area contributed by atoms with Gasteiger partial charge in [-0.2, -0.15) is 0 Å². The van der Waals surface area contributed by atoms with Crippen molar-refractivity contribution < 1.29 is 9.66 Å². The van der Waals surface area contributed by atoms with Crippen molar-refractivity contribution in [3.8, 4) is 5.75 Å². The summed E-state index contributed by atoms with van der Waals surface area (Å²) >= 11 is 0. The maximum atomic E-state index is 10.7. The third kappa shape index (κ3) is 2.19. The molecule has 2 aromatic rings. The van der Waals surface area contributed by atoms with Gasteiger partial charge in [0.05, 0.1) is 17.5 Å². The molecule has 0 spiro atoms. The minimum Gasteiger partial charge on any atom is -0.494 e. The van der Waals surface area contributed by atoms with E-state index in [4.69, 9.17) is 4.74 Å². The van der Waals surface area contributed by atoms with Gasteiger partial charge in [-0.25, -0.2) is 0 Å². The molecular formula is C14H16N2O3. The molecule has 0 aliphatic carbocycles. The summed E-state index contributed by atoms with van der Waals surface area (Å²) in [6.45, 7) is 5.49. The van der Waals surface area contributed by atoms with Crippen molar-refractivity contribution in [3.05, 3.63) is 44.8 Å². The third-order valence-electron chi connectivity index (χ3n) is 3.32. The maximum Gasteiger partial charge on any atom is 0.243 e. The van der Waals surface area contributed by atoms with Crippen LogP contribution in [0, 0.1) is 24.0 Å². The summed E-state index contributed by atoms with van der Waals surface area (Å²) in [7, 11) is 1.57. The van der Waals surface area contributed by atoms with E-state index < -0.39 is 4.92 Å². The number of rotatable bonds is 3. The molecule has 0 atom stereocenters. The summed E-state index contributed by atoms with van der Waals surface area (Å²) in [5.41, 5.74) is 3.89. The van der Waals surface area contributed by atoms with Gasteiger partial charge in [0.2, 0.25) is 5.70 Å². The SMILES string of the molecule is COc1c(/C=C(\C)[N+](=O)[O-])ccc2c(C)c(C)[nH]c12. The lowest BCUT2D eigenvalue weighted by atomic mass is 10.1. The first-order valence-corrected chi connectivity index (χ1v) is 5.94. The van der Waals surface area contributed by atoms with Crippen LogP contribution in [0.2, 0.25) is 0 Å². The number of aryl methyl sites for hydroxylation is 2. The molecule has 0 aliphatic rings. The molecule has 2 rings (SSSR count). The average Bonchev–Trinajstić information content (AvgIpc) is 2.65. The number of aromatic nitrogens is 1. The van der Waals surface area contributed by atoms with Crippen molar-refractivity contribution in [2.24, 2.45) is 0 Å². The first-order chi connectivity index (χ1) is 8.95. The van der Waals surface area contributed by atoms with Crippen LogP contribution in [0.25, 0.3) is 17.0 Å². The number of hydrogen-bond acceptors (Lipinski definition) is 3. The molecule has 0 saturated heterocycles. The highest BCUT2D eigenvalue weighted by molar-refractivity contribution is 5.92. The van der Waals surface area contributed by atoms with Crippen LogP contribution in [0.15, 0.2) is 17.8 Å². The standard InChI is InChI=1S/C14H16N2O3/c1-8(16(17)18)7-11-5-6-12-9(2)10(3)15-13(12)14(11)19-4/h5-7,15H,1-4H3/b8-7+. The lowest BCUT2D eigenvalue weighted by Crippen LogP contribution is -1.95. The number of benzene rings is 1. The van der Waals surface area contributed by atoms with Crippen molar-refractivity contribution in [1.82, 2.24) is 4.98 Å². The van der Waals surface area contributed by atoms with Crippen molar-refractivity contribution in [1.29, 1.82) is 0 Å². The Bertz CT molecular complexity index is 684. The van der Waals surface area contributed by atoms with Gasteiger partial charge in [0, 0.05) is 29.6 Å². The zero-order valence-corrected chi connectivity index (χ0v) is 11.4. The molecule has 0 unspecified atom stereocenters. The number of hydrogen-bond donors (Lipinski definition) is 1. The van der Waals surface area contributed by atoms with Crippen molar-refractivity contribution in [2.75, 3.05) is 7.11 Å². The fraction of sp³-hybridized carbons (Fsp3) is 0.286. The van der Waals surface area contributed by atoms with E-state index in [9.17, 15) is 10.1 Å². The average molecular weight is 260 g/mol. The molecule has 0 fully saturated rings. The number of nitrogens with one attached hydrogen (secondary N) is 1. The van der Waals surface area contributed by atoms with E-state index in [1.54, 1.807) is 7.11 Å². The normalized spacial score (nSPS) is 11.9. The smallest absolute Gasteiger partial charge is 0.243 e. The Hall–Kier alpha value is -2.30. The van der Waals surface area contributed by atoms with E-state index in [1.807, 2.05) is 26.0 Å². The molecule has 19 heavy (non-hydrogen) atoms. The van der Waals surface area contributed by atoms with Crippen LogP contribution in [0.3, 0.4) is 0 Å². The van der Waals surface area contributed by atoms with E-state index in [0.29, 0.717) is 11.3 Å². The lowest BCUT2D eigenvalue weighted by molar-refractivity contribution is -0.422. The quantitative estimate of drug-likeness (QED) is 0.679. The summed E-state index contributed by atoms with van der Waals surface area (Å²) in [5, 5.41) is 11.8. The van der Waals surface area contributed by atoms with E-state index >= 15 is 0 Å². The topological polar surface area (TPSA) is 68.2 Å². The molecule has 100 valence electrons. The predicted molar refractivity (Wildman–Crippen MR) is 75.0 cm³/mol. The molecule has 1 N–H and O–H groups in total. The summed E-state index contributed by atoms with van der Waals surface area (Å²) in [4.78, 5) is 13.6. The van der Waals surface area contributed by atoms with Crippen LogP contribution in [0.1, 0.15) is 23.7 Å². The monoisotopic (exact) mass is 260 g/mol. The minimum absolute atomic E-state index is 0.0812. The van der Waals surface area contributed by atoms with Gasteiger partial charge < -0.3 is 9.72 Å². The zero-order valence-electron chi connectivity index (χ0n) is 11.4. The number of fused-ring (bicyclic) bond motifs is 1. The minimum atomic E-state index is -0.408. The third-order valence-corrected chi connectivity index (χ3v) is 3.32. The highest BCUT2D eigenvalue weighted by atomic mass is 16.6. The summed E-state index contributed by atoms with van der Waals surface area (Å²) in [6, 6.07) is 3.80. The largest absolute Gasteiger partial charge is 0.494 e. The molecule has 0 aliphatic heterocycles. The van der Waals surface area contributed by atoms with Gasteiger partial charge in [-0.3, -0.25) is 10.1 Å². The first kappa shape index (κ1) is 13.1. The van der Waals surface area contributed by atoms with E-state index in [0.717, 1.165) is 22.2 Å². The number of H-pyrrole nitrogens is 1. The van der Waals surface area contributed by atoms with Crippen LogP contribution in [-0.4, -0.2) is 17.0 Å². The molecule has 1 aromatic heterocycles. The molecule has 0 saturated carbocycles. The van der Waals surface area contributed by atoms with Crippen LogP contribution in [0.5, 0.6) is 5.75 Å². The Kier molecular flexibility index (Phi) is 3.29. The molecule has 0 bridgehead atoms. The van der Waals surface area contributed by atoms with Crippen molar-refractivity contribution in [2.45, 2.75) is 20.8 Å². The molecule has 5 heteroatoms. The van der Waals surface area contributed by atoms with Gasteiger partial charge in [0.15, 0.2) is 0 Å². The number of allylic oxidation sites excluding steroid dienone is 1. The molecule has 5 nitrogen and oxygen atoms in total. The number of methoxy groups -OCH3 is 1. The Balaban J connectivity index is 2.70. The fourth-order valence-corrected chi connectivity index (χ4v) is 2.13. The Morgan fingerprint density at radius 2 is 2.11 bits per heavy atom. The van der Waals surface area contributed by atoms with Gasteiger partial charge in [-0.05, 0) is 19.4 Å². The second-order valence-corrected chi connectivity index (χ2v) is 4.53. The summed E-state index contributed by atoms with van der Waals surface area (Å²) < 4.78 is 5.41. The number of ether oxygens (including phenoxy) is 1. The van der Waals surface area contributed by atoms with Crippen LogP contribution >= 0.6 is 0 Å². The molecule has 0 amide bonds. The van der Waals surface area contributed by atoms with Crippen molar-refractivity contribution in [3.63, 3.8) is 0 Å². The van der Waals surface area contributed by atoms with Gasteiger partial charge in [-0.1, -0.05) is 12.1 Å². The molecular weight excluding hydrogens is 244 g/mol. The summed E-state index contributed by atoms with van der Waals surface area (Å²) in [6.07, 6.45) is 1.52. The highest BCUT2D eigenvalue weighted by Crippen LogP contribution is 2.33. The van der Waals surface area contributed by atoms with Gasteiger partial charge in [0.1, 0.15) is 5.75 Å². The molecule has 1 heterocycles. The maximum absolute atomic E-state index is 10.7. The van der Waals surface area contributed by atoms with Crippen LogP contribution < -0.4 is 4.74 Å². The molecule has 0 radical (unpaired) electrons. The highest BCUT2D eigenvalue weighted by Gasteiger charge is 2.13. The molecule has 1 aromatic carbocycles. The predicted octanol–water partition coefficient (Wildman–Crippen LogP) is 3.43. The van der Waals surface area contributed by atoms with E-state index in [2.05, 4.69) is 4.98 Å². The summed E-state index contributed by atoms with van der Waals surface area (Å²) in [5.74, 6) is 0.634. The van der Waals surface area contributed by atoms with Gasteiger partial charge in [-0.15, -0.1) is 0 Å². The van der Waals surface area contributed by atoms with Crippen LogP contribution in [0.4, 0.5) is 0 Å². The number of aromatic amines is 1. The first-order valence-electron chi connectivity index (χ1n) is 5.94. The second-order valence-electron chi connectivity index (χ2n) is 4.53. The second kappa shape index (κ2) is 4.76.